The molecule has 2 rings (SSSR count). The average molecular weight is 268 g/mol. The second kappa shape index (κ2) is 4.87. The molecule has 1 aliphatic carbocycles. The Morgan fingerprint density at radius 2 is 2.33 bits per heavy atom. The molecule has 2 nitrogen and oxygen atoms in total. The summed E-state index contributed by atoms with van der Waals surface area (Å²) in [5.74, 6) is -0.248. The van der Waals surface area contributed by atoms with Crippen molar-refractivity contribution in [2.45, 2.75) is 32.3 Å². The van der Waals surface area contributed by atoms with Gasteiger partial charge in [0.25, 0.3) is 0 Å². The first-order valence-electron chi connectivity index (χ1n) is 6.03. The normalized spacial score (nSPS) is 28.9. The highest BCUT2D eigenvalue weighted by molar-refractivity contribution is 6.30. The quantitative estimate of drug-likeness (QED) is 0.885. The van der Waals surface area contributed by atoms with Gasteiger partial charge in [-0.2, -0.15) is 5.26 Å². The van der Waals surface area contributed by atoms with Gasteiger partial charge in [-0.25, -0.2) is 4.39 Å². The van der Waals surface area contributed by atoms with E-state index in [1.165, 1.54) is 12.1 Å². The first kappa shape index (κ1) is 13.3. The van der Waals surface area contributed by atoms with Gasteiger partial charge in [-0.15, -0.1) is 0 Å². The standard InChI is InChI=1S/C14H15ClFNO/c1-9-5-6-14(7-9,8-17)13(18)10-3-2-4-11(15)12(10)16/h2-4,9,13,18H,5-7H2,1H3. The molecule has 4 heteroatoms. The van der Waals surface area contributed by atoms with Crippen molar-refractivity contribution in [3.05, 3.63) is 34.6 Å². The van der Waals surface area contributed by atoms with Crippen molar-refractivity contribution >= 4 is 11.6 Å². The lowest BCUT2D eigenvalue weighted by Gasteiger charge is -2.28. The van der Waals surface area contributed by atoms with Crippen LogP contribution in [0.2, 0.25) is 5.02 Å². The Morgan fingerprint density at radius 3 is 2.89 bits per heavy atom. The summed E-state index contributed by atoms with van der Waals surface area (Å²) in [5.41, 5.74) is -0.761. The molecule has 1 aromatic rings. The van der Waals surface area contributed by atoms with E-state index in [1.807, 2.05) is 6.92 Å². The van der Waals surface area contributed by atoms with Crippen molar-refractivity contribution < 1.29 is 9.50 Å². The van der Waals surface area contributed by atoms with Crippen LogP contribution >= 0.6 is 11.6 Å². The van der Waals surface area contributed by atoms with Crippen LogP contribution in [0.1, 0.15) is 37.9 Å². The zero-order chi connectivity index (χ0) is 13.3. The molecule has 1 fully saturated rings. The van der Waals surface area contributed by atoms with E-state index < -0.39 is 17.3 Å². The lowest BCUT2D eigenvalue weighted by atomic mass is 9.78. The van der Waals surface area contributed by atoms with E-state index >= 15 is 0 Å². The number of halogens is 2. The van der Waals surface area contributed by atoms with E-state index in [-0.39, 0.29) is 10.6 Å². The molecule has 0 aliphatic heterocycles. The molecule has 3 unspecified atom stereocenters. The van der Waals surface area contributed by atoms with Crippen LogP contribution in [0.25, 0.3) is 0 Å². The molecule has 0 radical (unpaired) electrons. The fourth-order valence-electron chi connectivity index (χ4n) is 2.77. The zero-order valence-electron chi connectivity index (χ0n) is 10.2. The van der Waals surface area contributed by atoms with Crippen LogP contribution in [0.4, 0.5) is 4.39 Å². The largest absolute Gasteiger partial charge is 0.387 e. The van der Waals surface area contributed by atoms with Crippen molar-refractivity contribution in [1.29, 1.82) is 5.26 Å². The first-order chi connectivity index (χ1) is 8.50. The number of rotatable bonds is 2. The molecule has 0 saturated heterocycles. The molecule has 3 atom stereocenters. The predicted octanol–water partition coefficient (Wildman–Crippen LogP) is 3.84. The molecule has 18 heavy (non-hydrogen) atoms. The summed E-state index contributed by atoms with van der Waals surface area (Å²) < 4.78 is 13.9. The third-order valence-corrected chi connectivity index (χ3v) is 4.11. The molecule has 96 valence electrons. The number of aliphatic hydroxyl groups is 1. The van der Waals surface area contributed by atoms with Gasteiger partial charge < -0.3 is 5.11 Å². The third-order valence-electron chi connectivity index (χ3n) is 3.82. The highest BCUT2D eigenvalue weighted by Crippen LogP contribution is 2.50. The Hall–Kier alpha value is -1.11. The number of nitriles is 1. The zero-order valence-corrected chi connectivity index (χ0v) is 10.9. The van der Waals surface area contributed by atoms with E-state index in [4.69, 9.17) is 11.6 Å². The fourth-order valence-corrected chi connectivity index (χ4v) is 2.95. The number of benzene rings is 1. The van der Waals surface area contributed by atoms with Crippen LogP contribution in [-0.4, -0.2) is 5.11 Å². The Labute approximate surface area is 111 Å². The molecule has 1 aliphatic rings. The molecule has 0 amide bonds. The van der Waals surface area contributed by atoms with Crippen LogP contribution in [-0.2, 0) is 0 Å². The molecule has 0 bridgehead atoms. The van der Waals surface area contributed by atoms with Gasteiger partial charge in [0.1, 0.15) is 11.9 Å². The number of aliphatic hydroxyl groups excluding tert-OH is 1. The van der Waals surface area contributed by atoms with E-state index in [1.54, 1.807) is 6.07 Å². The van der Waals surface area contributed by atoms with Crippen molar-refractivity contribution in [3.63, 3.8) is 0 Å². The lowest BCUT2D eigenvalue weighted by Crippen LogP contribution is -2.25. The van der Waals surface area contributed by atoms with Gasteiger partial charge in [-0.3, -0.25) is 0 Å². The van der Waals surface area contributed by atoms with E-state index in [0.717, 1.165) is 6.42 Å². The summed E-state index contributed by atoms with van der Waals surface area (Å²) >= 11 is 5.71. The van der Waals surface area contributed by atoms with Gasteiger partial charge in [-0.1, -0.05) is 30.7 Å². The van der Waals surface area contributed by atoms with Crippen LogP contribution in [0.15, 0.2) is 18.2 Å². The van der Waals surface area contributed by atoms with Gasteiger partial charge in [0.15, 0.2) is 0 Å². The summed E-state index contributed by atoms with van der Waals surface area (Å²) in [6.07, 6.45) is 0.951. The van der Waals surface area contributed by atoms with Gasteiger partial charge >= 0.3 is 0 Å². The maximum Gasteiger partial charge on any atom is 0.147 e. The van der Waals surface area contributed by atoms with E-state index in [9.17, 15) is 14.8 Å². The minimum absolute atomic E-state index is 0.0225. The Morgan fingerprint density at radius 1 is 1.61 bits per heavy atom. The molecule has 1 aromatic carbocycles. The Bertz CT molecular complexity index is 499. The Kier molecular flexibility index (Phi) is 3.61. The van der Waals surface area contributed by atoms with Crippen LogP contribution in [0.5, 0.6) is 0 Å². The maximum absolute atomic E-state index is 13.9. The number of hydrogen-bond donors (Lipinski definition) is 1. The summed E-state index contributed by atoms with van der Waals surface area (Å²) in [6, 6.07) is 6.71. The minimum Gasteiger partial charge on any atom is -0.387 e. The molecule has 1 saturated carbocycles. The van der Waals surface area contributed by atoms with Crippen LogP contribution in [0, 0.1) is 28.5 Å². The van der Waals surface area contributed by atoms with Crippen molar-refractivity contribution in [2.75, 3.05) is 0 Å². The molecule has 0 aromatic heterocycles. The lowest BCUT2D eigenvalue weighted by molar-refractivity contribution is 0.0616. The van der Waals surface area contributed by atoms with Crippen LogP contribution < -0.4 is 0 Å². The van der Waals surface area contributed by atoms with Crippen LogP contribution in [0.3, 0.4) is 0 Å². The van der Waals surface area contributed by atoms with Crippen molar-refractivity contribution in [1.82, 2.24) is 0 Å². The van der Waals surface area contributed by atoms with Gasteiger partial charge in [0.05, 0.1) is 16.5 Å². The highest BCUT2D eigenvalue weighted by Gasteiger charge is 2.45. The summed E-state index contributed by atoms with van der Waals surface area (Å²) in [6.45, 7) is 2.04. The summed E-state index contributed by atoms with van der Waals surface area (Å²) in [5, 5.41) is 19.7. The monoisotopic (exact) mass is 267 g/mol. The molecule has 0 spiro atoms. The first-order valence-corrected chi connectivity index (χ1v) is 6.41. The highest BCUT2D eigenvalue weighted by atomic mass is 35.5. The second-order valence-corrected chi connectivity index (χ2v) is 5.57. The van der Waals surface area contributed by atoms with Crippen molar-refractivity contribution in [2.24, 2.45) is 11.3 Å². The SMILES string of the molecule is CC1CCC(C#N)(C(O)c2cccc(Cl)c2F)C1. The predicted molar refractivity (Wildman–Crippen MR) is 67.4 cm³/mol. The van der Waals surface area contributed by atoms with E-state index in [2.05, 4.69) is 6.07 Å². The fraction of sp³-hybridized carbons (Fsp3) is 0.500. The van der Waals surface area contributed by atoms with Gasteiger partial charge in [-0.05, 0) is 31.2 Å². The molecular weight excluding hydrogens is 253 g/mol. The molecule has 0 heterocycles. The smallest absolute Gasteiger partial charge is 0.147 e. The summed E-state index contributed by atoms with van der Waals surface area (Å²) in [7, 11) is 0. The van der Waals surface area contributed by atoms with Crippen molar-refractivity contribution in [3.8, 4) is 6.07 Å². The third kappa shape index (κ3) is 2.11. The molecular formula is C14H15ClFNO. The maximum atomic E-state index is 13.9. The van der Waals surface area contributed by atoms with Gasteiger partial charge in [0.2, 0.25) is 0 Å². The summed E-state index contributed by atoms with van der Waals surface area (Å²) in [4.78, 5) is 0. The second-order valence-electron chi connectivity index (χ2n) is 5.16. The Balaban J connectivity index is 2.39. The average Bonchev–Trinajstić information content (AvgIpc) is 2.75. The number of nitrogens with zero attached hydrogens (tertiary/aromatic N) is 1. The van der Waals surface area contributed by atoms with E-state index in [0.29, 0.717) is 18.8 Å². The topological polar surface area (TPSA) is 44.0 Å². The molecule has 1 N–H and O–H groups in total. The van der Waals surface area contributed by atoms with Gasteiger partial charge in [0, 0.05) is 5.56 Å². The number of hydrogen-bond acceptors (Lipinski definition) is 2. The minimum atomic E-state index is -1.12.